The van der Waals surface area contributed by atoms with Crippen LogP contribution in [0.1, 0.15) is 190 Å². The van der Waals surface area contributed by atoms with Gasteiger partial charge in [0.15, 0.2) is 0 Å². The Hall–Kier alpha value is -1.19. The van der Waals surface area contributed by atoms with Gasteiger partial charge in [0, 0.05) is 0 Å². The van der Waals surface area contributed by atoms with Gasteiger partial charge in [0.25, 0.3) is 0 Å². The van der Waals surface area contributed by atoms with Crippen LogP contribution in [0.3, 0.4) is 0 Å². The van der Waals surface area contributed by atoms with Gasteiger partial charge in [-0.15, -0.1) is 5.19 Å². The fourth-order valence-corrected chi connectivity index (χ4v) is 12.3. The minimum absolute atomic E-state index is 0. The van der Waals surface area contributed by atoms with Crippen LogP contribution < -0.4 is 58.0 Å². The molecule has 0 saturated heterocycles. The molecule has 4 aromatic carbocycles. The maximum absolute atomic E-state index is 3.00. The molecule has 0 spiro atoms. The van der Waals surface area contributed by atoms with E-state index in [4.69, 9.17) is 0 Å². The number of hydrogen-bond donors (Lipinski definition) is 0. The Labute approximate surface area is 380 Å². The maximum Gasteiger partial charge on any atom is 4.00 e. The summed E-state index contributed by atoms with van der Waals surface area (Å²) in [5.41, 5.74) is 9.98. The fraction of sp³-hybridized carbons (Fsp3) is 0.549. The van der Waals surface area contributed by atoms with Crippen molar-refractivity contribution in [3.63, 3.8) is 0 Å². The zero-order chi connectivity index (χ0) is 39.6. The van der Waals surface area contributed by atoms with E-state index in [-0.39, 0.29) is 91.4 Å². The molecule has 5 heteroatoms. The van der Waals surface area contributed by atoms with Crippen LogP contribution >= 0.6 is 0 Å². The van der Waals surface area contributed by atoms with Crippen molar-refractivity contribution in [3.05, 3.63) is 112 Å². The number of halogens is 3. The van der Waals surface area contributed by atoms with E-state index in [1.165, 1.54) is 59.7 Å². The molecule has 0 saturated carbocycles. The van der Waals surface area contributed by atoms with Crippen molar-refractivity contribution in [1.29, 1.82) is 0 Å². The first-order valence-corrected chi connectivity index (χ1v) is 22.2. The summed E-state index contributed by atoms with van der Waals surface area (Å²) in [6.07, 6.45) is 1.13. The molecule has 1 unspecified atom stereocenters. The first-order chi connectivity index (χ1) is 23.4. The molecule has 0 fully saturated rings. The van der Waals surface area contributed by atoms with Crippen LogP contribution in [0.15, 0.2) is 72.8 Å². The van der Waals surface area contributed by atoms with Crippen molar-refractivity contribution in [2.75, 3.05) is 0 Å². The average molecular weight is 870 g/mol. The minimum Gasteiger partial charge on any atom is -1.00 e. The van der Waals surface area contributed by atoms with Crippen LogP contribution in [0, 0.1) is 0 Å². The average Bonchev–Trinajstić information content (AvgIpc) is 3.48. The zero-order valence-corrected chi connectivity index (χ0v) is 43.7. The van der Waals surface area contributed by atoms with Crippen molar-refractivity contribution in [2.24, 2.45) is 0 Å². The fourth-order valence-electron chi connectivity index (χ4n) is 7.37. The second-order valence-electron chi connectivity index (χ2n) is 22.4. The van der Waals surface area contributed by atoms with Gasteiger partial charge in [0.1, 0.15) is 8.07 Å². The topological polar surface area (TPSA) is 0 Å². The molecular formula is C51H75Cl3SiTi. The van der Waals surface area contributed by atoms with E-state index in [9.17, 15) is 0 Å². The molecule has 0 aliphatic carbocycles. The molecule has 0 aliphatic rings. The Balaban J connectivity index is 0.00000756. The third-order valence-corrected chi connectivity index (χ3v) is 16.3. The van der Waals surface area contributed by atoms with Crippen molar-refractivity contribution in [1.82, 2.24) is 0 Å². The molecular weight excluding hydrogens is 795 g/mol. The van der Waals surface area contributed by atoms with Crippen molar-refractivity contribution >= 4 is 28.8 Å². The van der Waals surface area contributed by atoms with Crippen LogP contribution in [0.4, 0.5) is 0 Å². The molecule has 0 heterocycles. The van der Waals surface area contributed by atoms with Gasteiger partial charge >= 0.3 is 21.7 Å². The summed E-state index contributed by atoms with van der Waals surface area (Å²) in [6, 6.07) is 31.0. The summed E-state index contributed by atoms with van der Waals surface area (Å²) in [5, 5.41) is 6.01. The molecule has 0 radical (unpaired) electrons. The molecule has 0 N–H and O–H groups in total. The van der Waals surface area contributed by atoms with Crippen LogP contribution in [0.2, 0.25) is 0 Å². The Morgan fingerprint density at radius 2 is 0.679 bits per heavy atom. The Morgan fingerprint density at radius 1 is 0.446 bits per heavy atom. The van der Waals surface area contributed by atoms with E-state index in [0.717, 1.165) is 6.42 Å². The Kier molecular flexibility index (Phi) is 18.2. The first-order valence-electron chi connectivity index (χ1n) is 20.2. The molecule has 0 bridgehead atoms. The monoisotopic (exact) mass is 868 g/mol. The van der Waals surface area contributed by atoms with E-state index < -0.39 is 8.07 Å². The maximum atomic E-state index is 2.64. The van der Waals surface area contributed by atoms with E-state index in [1.807, 2.05) is 0 Å². The summed E-state index contributed by atoms with van der Waals surface area (Å²) in [4.78, 5) is 0. The second kappa shape index (κ2) is 18.6. The second-order valence-corrected chi connectivity index (χ2v) is 26.2. The molecule has 0 aliphatic heterocycles. The van der Waals surface area contributed by atoms with E-state index in [0.29, 0.717) is 5.92 Å². The summed E-state index contributed by atoms with van der Waals surface area (Å²) in [6.45, 7) is 47.7. The van der Waals surface area contributed by atoms with E-state index in [2.05, 4.69) is 211 Å². The molecule has 0 amide bonds. The number of hydrogen-bond acceptors (Lipinski definition) is 0. The summed E-state index contributed by atoms with van der Waals surface area (Å²) in [5.74, 6) is 0.503. The third-order valence-electron chi connectivity index (χ3n) is 11.7. The van der Waals surface area contributed by atoms with Gasteiger partial charge in [0.05, 0.1) is 0 Å². The SMILES string of the molecule is CCC(C)c1cc[c-]([Si](c2cc(C(C)(C)C)cc(C(C)(C)C)c2)(c2cc(C(C)(C)C)cc(C(C)(C)C)c2)c2cc(C(C)(C)C)cc(C(C)(C)C)c2)c1.[Cl-].[Cl-].[Cl-].[Ti+4]. The molecule has 4 aromatic rings. The molecule has 1 atom stereocenters. The van der Waals surface area contributed by atoms with Gasteiger partial charge in [-0.3, -0.25) is 0 Å². The summed E-state index contributed by atoms with van der Waals surface area (Å²) < 4.78 is 0. The van der Waals surface area contributed by atoms with Gasteiger partial charge < -0.3 is 37.2 Å². The van der Waals surface area contributed by atoms with Crippen LogP contribution in [-0.2, 0) is 54.2 Å². The quantitative estimate of drug-likeness (QED) is 0.159. The molecule has 4 rings (SSSR count). The van der Waals surface area contributed by atoms with Gasteiger partial charge in [-0.1, -0.05) is 221 Å². The van der Waals surface area contributed by atoms with Crippen LogP contribution in [-0.4, -0.2) is 8.07 Å². The largest absolute Gasteiger partial charge is 4.00 e. The summed E-state index contributed by atoms with van der Waals surface area (Å²) >= 11 is 0. The van der Waals surface area contributed by atoms with Gasteiger partial charge in [0.2, 0.25) is 0 Å². The molecule has 56 heavy (non-hydrogen) atoms. The summed E-state index contributed by atoms with van der Waals surface area (Å²) in [7, 11) is -3.00. The van der Waals surface area contributed by atoms with Crippen LogP contribution in [0.5, 0.6) is 0 Å². The predicted molar refractivity (Wildman–Crippen MR) is 237 cm³/mol. The van der Waals surface area contributed by atoms with Crippen LogP contribution in [0.25, 0.3) is 0 Å². The Morgan fingerprint density at radius 3 is 0.875 bits per heavy atom. The molecule has 308 valence electrons. The first kappa shape index (κ1) is 54.8. The van der Waals surface area contributed by atoms with Gasteiger partial charge in [-0.2, -0.15) is 17.7 Å². The number of rotatable bonds is 6. The van der Waals surface area contributed by atoms with E-state index in [1.54, 1.807) is 0 Å². The zero-order valence-electron chi connectivity index (χ0n) is 38.8. The normalized spacial score (nSPS) is 13.5. The van der Waals surface area contributed by atoms with Gasteiger partial charge in [-0.05, 0) is 65.9 Å². The number of benzene rings is 3. The minimum atomic E-state index is -3.00. The molecule has 0 aromatic heterocycles. The van der Waals surface area contributed by atoms with Crippen molar-refractivity contribution in [3.8, 4) is 0 Å². The van der Waals surface area contributed by atoms with Crippen molar-refractivity contribution < 1.29 is 58.9 Å². The third kappa shape index (κ3) is 11.8. The van der Waals surface area contributed by atoms with E-state index >= 15 is 0 Å². The smallest absolute Gasteiger partial charge is 1.00 e. The molecule has 0 nitrogen and oxygen atoms in total. The van der Waals surface area contributed by atoms with Crippen molar-refractivity contribution in [2.45, 2.75) is 183 Å². The van der Waals surface area contributed by atoms with Gasteiger partial charge in [-0.25, -0.2) is 6.07 Å². The predicted octanol–water partition coefficient (Wildman–Crippen LogP) is 3.09. The standard InChI is InChI=1S/C51H75Si.3ClH.Ti/c1-21-34(2)35-22-23-42(24-35)52(43-28-36(46(3,4)5)25-37(29-43)47(6,7)8,44-30-38(48(9,10)11)26-39(31-44)49(12,13)14)45-32-40(50(15,16)17)27-41(33-45)51(18,19)20;;;;/h22-34H,21H2,1-20H3;3*1H;/q-1;;;;+4/p-3. The Bertz CT molecular complexity index is 1610.